The molecule has 0 aromatic carbocycles. The van der Waals surface area contributed by atoms with Crippen LogP contribution in [0.4, 0.5) is 0 Å². The second-order valence-electron chi connectivity index (χ2n) is 3.30. The van der Waals surface area contributed by atoms with Gasteiger partial charge in [-0.2, -0.15) is 0 Å². The van der Waals surface area contributed by atoms with Crippen LogP contribution in [-0.4, -0.2) is 52.4 Å². The van der Waals surface area contributed by atoms with Crippen molar-refractivity contribution in [2.24, 2.45) is 5.73 Å². The number of hydrogen-bond donors (Lipinski definition) is 3. The fraction of sp³-hybridized carbons (Fsp3) is 0.667. The molecule has 0 spiro atoms. The van der Waals surface area contributed by atoms with Gasteiger partial charge in [0.05, 0.1) is 31.7 Å². The van der Waals surface area contributed by atoms with Gasteiger partial charge in [0.25, 0.3) is 0 Å². The molecule has 0 radical (unpaired) electrons. The van der Waals surface area contributed by atoms with Gasteiger partial charge in [-0.1, -0.05) is 5.21 Å². The molecule has 1 heterocycles. The number of nitrogens with one attached hydrogen (secondary N) is 1. The van der Waals surface area contributed by atoms with Crippen LogP contribution in [0, 0.1) is 0 Å². The number of amides is 1. The zero-order valence-electron chi connectivity index (χ0n) is 9.50. The minimum Gasteiger partial charge on any atom is -0.394 e. The lowest BCUT2D eigenvalue weighted by atomic mass is 10.5. The molecule has 1 rings (SSSR count). The molecule has 1 aromatic rings. The molecule has 96 valence electrons. The summed E-state index contributed by atoms with van der Waals surface area (Å²) in [6, 6.07) is 0. The van der Waals surface area contributed by atoms with Crippen molar-refractivity contribution in [3.63, 3.8) is 0 Å². The maximum atomic E-state index is 11.4. The SMILES string of the molecule is NCc1cn(CC(=O)NCCOCCO)nn1. The van der Waals surface area contributed by atoms with Crippen molar-refractivity contribution >= 4 is 5.91 Å². The van der Waals surface area contributed by atoms with Crippen molar-refractivity contribution in [2.75, 3.05) is 26.4 Å². The Hall–Kier alpha value is -1.51. The van der Waals surface area contributed by atoms with E-state index in [-0.39, 0.29) is 25.7 Å². The third-order valence-corrected chi connectivity index (χ3v) is 1.91. The summed E-state index contributed by atoms with van der Waals surface area (Å²) in [5, 5.41) is 18.6. The fourth-order valence-corrected chi connectivity index (χ4v) is 1.14. The largest absolute Gasteiger partial charge is 0.394 e. The molecular weight excluding hydrogens is 226 g/mol. The molecule has 0 fully saturated rings. The first-order valence-corrected chi connectivity index (χ1v) is 5.30. The molecule has 1 amide bonds. The first kappa shape index (κ1) is 13.6. The van der Waals surface area contributed by atoms with Crippen LogP contribution in [0.3, 0.4) is 0 Å². The van der Waals surface area contributed by atoms with E-state index in [9.17, 15) is 4.79 Å². The third-order valence-electron chi connectivity index (χ3n) is 1.91. The zero-order valence-corrected chi connectivity index (χ0v) is 9.50. The van der Waals surface area contributed by atoms with Gasteiger partial charge >= 0.3 is 0 Å². The van der Waals surface area contributed by atoms with E-state index in [1.807, 2.05) is 0 Å². The van der Waals surface area contributed by atoms with Crippen molar-refractivity contribution in [3.05, 3.63) is 11.9 Å². The molecule has 0 saturated heterocycles. The number of aliphatic hydroxyl groups excluding tert-OH is 1. The first-order valence-electron chi connectivity index (χ1n) is 5.30. The van der Waals surface area contributed by atoms with Crippen LogP contribution in [0.2, 0.25) is 0 Å². The Morgan fingerprint density at radius 3 is 3.06 bits per heavy atom. The highest BCUT2D eigenvalue weighted by Gasteiger charge is 2.04. The molecule has 0 saturated carbocycles. The molecular formula is C9H17N5O3. The highest BCUT2D eigenvalue weighted by atomic mass is 16.5. The Morgan fingerprint density at radius 2 is 2.41 bits per heavy atom. The van der Waals surface area contributed by atoms with E-state index < -0.39 is 0 Å². The molecule has 0 bridgehead atoms. The number of aliphatic hydroxyl groups is 1. The van der Waals surface area contributed by atoms with Gasteiger partial charge in [0.1, 0.15) is 6.54 Å². The highest BCUT2D eigenvalue weighted by Crippen LogP contribution is 1.90. The summed E-state index contributed by atoms with van der Waals surface area (Å²) in [4.78, 5) is 11.4. The summed E-state index contributed by atoms with van der Waals surface area (Å²) < 4.78 is 6.41. The molecule has 4 N–H and O–H groups in total. The standard InChI is InChI=1S/C9H17N5O3/c10-5-8-6-14(13-12-8)7-9(16)11-1-3-17-4-2-15/h6,15H,1-5,7,10H2,(H,11,16). The van der Waals surface area contributed by atoms with Gasteiger partial charge < -0.3 is 20.9 Å². The quantitative estimate of drug-likeness (QED) is 0.449. The van der Waals surface area contributed by atoms with Crippen molar-refractivity contribution in [3.8, 4) is 0 Å². The van der Waals surface area contributed by atoms with E-state index in [2.05, 4.69) is 15.6 Å². The smallest absolute Gasteiger partial charge is 0.241 e. The number of ether oxygens (including phenoxy) is 1. The number of carbonyl (C=O) groups excluding carboxylic acids is 1. The molecule has 0 atom stereocenters. The topological polar surface area (TPSA) is 115 Å². The lowest BCUT2D eigenvalue weighted by Crippen LogP contribution is -2.31. The Labute approximate surface area is 98.7 Å². The Morgan fingerprint density at radius 1 is 1.59 bits per heavy atom. The maximum Gasteiger partial charge on any atom is 0.241 e. The summed E-state index contributed by atoms with van der Waals surface area (Å²) in [6.45, 7) is 1.44. The van der Waals surface area contributed by atoms with Crippen LogP contribution in [-0.2, 0) is 22.6 Å². The van der Waals surface area contributed by atoms with Gasteiger partial charge in [0.15, 0.2) is 0 Å². The van der Waals surface area contributed by atoms with Crippen molar-refractivity contribution in [2.45, 2.75) is 13.1 Å². The number of rotatable bonds is 8. The Bertz CT molecular complexity index is 341. The molecule has 17 heavy (non-hydrogen) atoms. The number of carbonyl (C=O) groups is 1. The van der Waals surface area contributed by atoms with Gasteiger partial charge in [-0.05, 0) is 0 Å². The van der Waals surface area contributed by atoms with E-state index in [1.54, 1.807) is 6.20 Å². The van der Waals surface area contributed by atoms with Gasteiger partial charge in [-0.3, -0.25) is 4.79 Å². The van der Waals surface area contributed by atoms with Gasteiger partial charge in [0.2, 0.25) is 5.91 Å². The average Bonchev–Trinajstić information content (AvgIpc) is 2.76. The Kier molecular flexibility index (Phi) is 6.15. The average molecular weight is 243 g/mol. The second-order valence-corrected chi connectivity index (χ2v) is 3.30. The third kappa shape index (κ3) is 5.38. The van der Waals surface area contributed by atoms with E-state index in [1.165, 1.54) is 4.68 Å². The number of nitrogens with two attached hydrogens (primary N) is 1. The van der Waals surface area contributed by atoms with Crippen LogP contribution in [0.1, 0.15) is 5.69 Å². The summed E-state index contributed by atoms with van der Waals surface area (Å²) in [5.41, 5.74) is 6.01. The number of hydrogen-bond acceptors (Lipinski definition) is 6. The fourth-order valence-electron chi connectivity index (χ4n) is 1.14. The zero-order chi connectivity index (χ0) is 12.5. The van der Waals surface area contributed by atoms with Gasteiger partial charge in [-0.25, -0.2) is 4.68 Å². The van der Waals surface area contributed by atoms with Crippen LogP contribution < -0.4 is 11.1 Å². The monoisotopic (exact) mass is 243 g/mol. The molecule has 0 aliphatic carbocycles. The van der Waals surface area contributed by atoms with Crippen molar-refractivity contribution in [1.82, 2.24) is 20.3 Å². The maximum absolute atomic E-state index is 11.4. The summed E-state index contributed by atoms with van der Waals surface area (Å²) in [5.74, 6) is -0.175. The van der Waals surface area contributed by atoms with Crippen LogP contribution >= 0.6 is 0 Å². The van der Waals surface area contributed by atoms with Crippen LogP contribution in [0.5, 0.6) is 0 Å². The summed E-state index contributed by atoms with van der Waals surface area (Å²) >= 11 is 0. The van der Waals surface area contributed by atoms with E-state index in [0.29, 0.717) is 25.4 Å². The molecule has 0 aliphatic rings. The molecule has 0 unspecified atom stereocenters. The lowest BCUT2D eigenvalue weighted by Gasteiger charge is -2.05. The molecule has 8 heteroatoms. The molecule has 1 aromatic heterocycles. The molecule has 0 aliphatic heterocycles. The van der Waals surface area contributed by atoms with Gasteiger partial charge in [0, 0.05) is 13.1 Å². The first-order chi connectivity index (χ1) is 8.26. The number of nitrogens with zero attached hydrogens (tertiary/aromatic N) is 3. The Balaban J connectivity index is 2.16. The van der Waals surface area contributed by atoms with E-state index in [0.717, 1.165) is 0 Å². The van der Waals surface area contributed by atoms with Crippen LogP contribution in [0.25, 0.3) is 0 Å². The normalized spacial score (nSPS) is 10.5. The summed E-state index contributed by atoms with van der Waals surface area (Å²) in [6.07, 6.45) is 1.63. The van der Waals surface area contributed by atoms with E-state index in [4.69, 9.17) is 15.6 Å². The van der Waals surface area contributed by atoms with Crippen molar-refractivity contribution in [1.29, 1.82) is 0 Å². The van der Waals surface area contributed by atoms with Gasteiger partial charge in [-0.15, -0.1) is 5.10 Å². The predicted molar refractivity (Wildman–Crippen MR) is 58.8 cm³/mol. The van der Waals surface area contributed by atoms with E-state index >= 15 is 0 Å². The predicted octanol–water partition coefficient (Wildman–Crippen LogP) is -2.14. The minimum atomic E-state index is -0.175. The highest BCUT2D eigenvalue weighted by molar-refractivity contribution is 5.75. The van der Waals surface area contributed by atoms with Crippen LogP contribution in [0.15, 0.2) is 6.20 Å². The van der Waals surface area contributed by atoms with Crippen molar-refractivity contribution < 1.29 is 14.6 Å². The second kappa shape index (κ2) is 7.71. The summed E-state index contributed by atoms with van der Waals surface area (Å²) in [7, 11) is 0. The number of aromatic nitrogens is 3. The lowest BCUT2D eigenvalue weighted by molar-refractivity contribution is -0.122. The molecule has 8 nitrogen and oxygen atoms in total. The minimum absolute atomic E-state index is 0.0191.